The van der Waals surface area contributed by atoms with Gasteiger partial charge in [0.2, 0.25) is 0 Å². The Morgan fingerprint density at radius 1 is 1.09 bits per heavy atom. The molecule has 0 spiro atoms. The van der Waals surface area contributed by atoms with Crippen LogP contribution in [0.1, 0.15) is 36.7 Å². The molecule has 1 unspecified atom stereocenters. The number of hydrogen-bond acceptors (Lipinski definition) is 3. The maximum atomic E-state index is 12.8. The molecule has 1 aliphatic heterocycles. The van der Waals surface area contributed by atoms with Crippen LogP contribution in [0.2, 0.25) is 0 Å². The van der Waals surface area contributed by atoms with Gasteiger partial charge in [-0.25, -0.2) is 0 Å². The summed E-state index contributed by atoms with van der Waals surface area (Å²) in [6, 6.07) is 15.5. The van der Waals surface area contributed by atoms with Crippen LogP contribution in [-0.2, 0) is 5.66 Å². The molecule has 1 N–H and O–H groups in total. The summed E-state index contributed by atoms with van der Waals surface area (Å²) in [6.07, 6.45) is 0.0663. The van der Waals surface area contributed by atoms with Gasteiger partial charge in [0.05, 0.1) is 11.7 Å². The molecule has 1 heterocycles. The second-order valence-corrected chi connectivity index (χ2v) is 6.27. The Morgan fingerprint density at radius 2 is 1.74 bits per heavy atom. The lowest BCUT2D eigenvalue weighted by Crippen LogP contribution is -2.54. The number of rotatable bonds is 3. The second kappa shape index (κ2) is 5.61. The maximum Gasteiger partial charge on any atom is 0.257 e. The van der Waals surface area contributed by atoms with E-state index in [2.05, 4.69) is 5.32 Å². The number of nitrogens with zero attached hydrogens (tertiary/aromatic N) is 1. The van der Waals surface area contributed by atoms with Gasteiger partial charge < -0.3 is 15.0 Å². The van der Waals surface area contributed by atoms with Crippen LogP contribution in [0.5, 0.6) is 5.75 Å². The molecule has 4 heteroatoms. The molecule has 0 saturated carbocycles. The number of anilines is 1. The molecule has 0 aliphatic carbocycles. The summed E-state index contributed by atoms with van der Waals surface area (Å²) in [7, 11) is 1.82. The molecule has 0 fully saturated rings. The van der Waals surface area contributed by atoms with Crippen molar-refractivity contribution in [2.45, 2.75) is 32.5 Å². The van der Waals surface area contributed by atoms with Gasteiger partial charge in [0, 0.05) is 18.3 Å². The Kier molecular flexibility index (Phi) is 3.76. The zero-order valence-corrected chi connectivity index (χ0v) is 14.0. The fourth-order valence-electron chi connectivity index (χ4n) is 2.98. The first-order chi connectivity index (χ1) is 10.9. The Morgan fingerprint density at radius 3 is 2.48 bits per heavy atom. The van der Waals surface area contributed by atoms with E-state index in [4.69, 9.17) is 4.74 Å². The molecule has 0 radical (unpaired) electrons. The fourth-order valence-corrected chi connectivity index (χ4v) is 2.98. The van der Waals surface area contributed by atoms with Crippen LogP contribution in [0.3, 0.4) is 0 Å². The Bertz CT molecular complexity index is 742. The predicted octanol–water partition coefficient (Wildman–Crippen LogP) is 3.84. The standard InChI is InChI=1S/C19H22N2O2/c1-13(2)23-17-12-8-6-10-15(17)19(3)20-16-11-7-5-9-14(16)18(22)21(19)4/h5-13,20H,1-4H3. The van der Waals surface area contributed by atoms with Gasteiger partial charge in [-0.2, -0.15) is 0 Å². The van der Waals surface area contributed by atoms with Crippen LogP contribution < -0.4 is 10.1 Å². The van der Waals surface area contributed by atoms with Crippen LogP contribution in [0.15, 0.2) is 48.5 Å². The molecule has 120 valence electrons. The Balaban J connectivity index is 2.11. The van der Waals surface area contributed by atoms with Crippen molar-refractivity contribution >= 4 is 11.6 Å². The summed E-state index contributed by atoms with van der Waals surface area (Å²) in [4.78, 5) is 14.5. The van der Waals surface area contributed by atoms with Crippen molar-refractivity contribution in [3.63, 3.8) is 0 Å². The topological polar surface area (TPSA) is 41.6 Å². The lowest BCUT2D eigenvalue weighted by Gasteiger charge is -2.45. The monoisotopic (exact) mass is 310 g/mol. The molecule has 2 aromatic carbocycles. The van der Waals surface area contributed by atoms with Crippen molar-refractivity contribution in [3.8, 4) is 5.75 Å². The summed E-state index contributed by atoms with van der Waals surface area (Å²) in [5, 5.41) is 3.51. The van der Waals surface area contributed by atoms with E-state index >= 15 is 0 Å². The average Bonchev–Trinajstić information content (AvgIpc) is 2.53. The third-order valence-electron chi connectivity index (χ3n) is 4.29. The number of amides is 1. The number of ether oxygens (including phenoxy) is 1. The van der Waals surface area contributed by atoms with Crippen LogP contribution in [0, 0.1) is 0 Å². The van der Waals surface area contributed by atoms with E-state index in [1.165, 1.54) is 0 Å². The first kappa shape index (κ1) is 15.4. The highest BCUT2D eigenvalue weighted by Gasteiger charge is 2.41. The molecular weight excluding hydrogens is 288 g/mol. The van der Waals surface area contributed by atoms with Crippen molar-refractivity contribution in [3.05, 3.63) is 59.7 Å². The number of para-hydroxylation sites is 2. The van der Waals surface area contributed by atoms with Crippen LogP contribution in [-0.4, -0.2) is 24.0 Å². The Labute approximate surface area is 137 Å². The summed E-state index contributed by atoms with van der Waals surface area (Å²) in [5.41, 5.74) is 1.81. The van der Waals surface area contributed by atoms with Gasteiger partial charge in [-0.3, -0.25) is 4.79 Å². The summed E-state index contributed by atoms with van der Waals surface area (Å²) < 4.78 is 5.96. The molecule has 3 rings (SSSR count). The normalized spacial score (nSPS) is 20.2. The van der Waals surface area contributed by atoms with Crippen molar-refractivity contribution in [1.82, 2.24) is 4.90 Å². The molecule has 2 aromatic rings. The highest BCUT2D eigenvalue weighted by molar-refractivity contribution is 6.02. The number of carbonyl (C=O) groups excluding carboxylic acids is 1. The fraction of sp³-hybridized carbons (Fsp3) is 0.316. The van der Waals surface area contributed by atoms with Crippen molar-refractivity contribution in [1.29, 1.82) is 0 Å². The molecule has 1 amide bonds. The smallest absolute Gasteiger partial charge is 0.257 e. The van der Waals surface area contributed by atoms with Crippen LogP contribution >= 0.6 is 0 Å². The van der Waals surface area contributed by atoms with Crippen LogP contribution in [0.4, 0.5) is 5.69 Å². The van der Waals surface area contributed by atoms with E-state index in [0.29, 0.717) is 5.56 Å². The van der Waals surface area contributed by atoms with Gasteiger partial charge in [-0.1, -0.05) is 30.3 Å². The zero-order chi connectivity index (χ0) is 16.6. The van der Waals surface area contributed by atoms with Crippen molar-refractivity contribution < 1.29 is 9.53 Å². The van der Waals surface area contributed by atoms with E-state index in [0.717, 1.165) is 17.0 Å². The molecule has 0 aromatic heterocycles. The molecule has 0 saturated heterocycles. The number of benzene rings is 2. The lowest BCUT2D eigenvalue weighted by molar-refractivity contribution is 0.0608. The van der Waals surface area contributed by atoms with E-state index in [-0.39, 0.29) is 12.0 Å². The van der Waals surface area contributed by atoms with E-state index < -0.39 is 5.66 Å². The maximum absolute atomic E-state index is 12.8. The highest BCUT2D eigenvalue weighted by Crippen LogP contribution is 2.40. The first-order valence-corrected chi connectivity index (χ1v) is 7.85. The van der Waals surface area contributed by atoms with Crippen LogP contribution in [0.25, 0.3) is 0 Å². The molecule has 1 atom stereocenters. The lowest BCUT2D eigenvalue weighted by atomic mass is 9.93. The largest absolute Gasteiger partial charge is 0.491 e. The Hall–Kier alpha value is -2.49. The van der Waals surface area contributed by atoms with Gasteiger partial charge in [-0.05, 0) is 39.0 Å². The number of hydrogen-bond donors (Lipinski definition) is 1. The first-order valence-electron chi connectivity index (χ1n) is 7.85. The van der Waals surface area contributed by atoms with Gasteiger partial charge >= 0.3 is 0 Å². The third-order valence-corrected chi connectivity index (χ3v) is 4.29. The minimum atomic E-state index is -0.670. The average molecular weight is 310 g/mol. The summed E-state index contributed by atoms with van der Waals surface area (Å²) in [5.74, 6) is 0.790. The quantitative estimate of drug-likeness (QED) is 0.936. The molecule has 4 nitrogen and oxygen atoms in total. The minimum absolute atomic E-state index is 0.00111. The van der Waals surface area contributed by atoms with Gasteiger partial charge in [0.1, 0.15) is 11.4 Å². The highest BCUT2D eigenvalue weighted by atomic mass is 16.5. The number of fused-ring (bicyclic) bond motifs is 1. The summed E-state index contributed by atoms with van der Waals surface area (Å²) in [6.45, 7) is 6.00. The van der Waals surface area contributed by atoms with Gasteiger partial charge in [0.15, 0.2) is 0 Å². The summed E-state index contributed by atoms with van der Waals surface area (Å²) >= 11 is 0. The molecule has 0 bridgehead atoms. The number of nitrogens with one attached hydrogen (secondary N) is 1. The number of carbonyl (C=O) groups is 1. The SMILES string of the molecule is CC(C)Oc1ccccc1C1(C)Nc2ccccc2C(=O)N1C. The van der Waals surface area contributed by atoms with E-state index in [9.17, 15) is 4.79 Å². The van der Waals surface area contributed by atoms with Crippen molar-refractivity contribution in [2.75, 3.05) is 12.4 Å². The molecular formula is C19H22N2O2. The molecule has 1 aliphatic rings. The predicted molar refractivity (Wildman–Crippen MR) is 91.7 cm³/mol. The van der Waals surface area contributed by atoms with Gasteiger partial charge in [-0.15, -0.1) is 0 Å². The zero-order valence-electron chi connectivity index (χ0n) is 14.0. The van der Waals surface area contributed by atoms with Crippen molar-refractivity contribution in [2.24, 2.45) is 0 Å². The second-order valence-electron chi connectivity index (χ2n) is 6.27. The van der Waals surface area contributed by atoms with E-state index in [1.54, 1.807) is 4.90 Å². The van der Waals surface area contributed by atoms with E-state index in [1.807, 2.05) is 76.3 Å². The molecule has 23 heavy (non-hydrogen) atoms. The minimum Gasteiger partial charge on any atom is -0.491 e. The third kappa shape index (κ3) is 2.54. The van der Waals surface area contributed by atoms with Gasteiger partial charge in [0.25, 0.3) is 5.91 Å².